The van der Waals surface area contributed by atoms with Crippen LogP contribution in [0.25, 0.3) is 0 Å². The van der Waals surface area contributed by atoms with Gasteiger partial charge in [-0.1, -0.05) is 194 Å². The minimum atomic E-state index is -0.265. The van der Waals surface area contributed by atoms with Gasteiger partial charge in [-0.2, -0.15) is 0 Å². The van der Waals surface area contributed by atoms with E-state index in [0.717, 1.165) is 25.7 Å². The van der Waals surface area contributed by atoms with Crippen LogP contribution in [0.1, 0.15) is 226 Å². The lowest BCUT2D eigenvalue weighted by Crippen LogP contribution is -2.18. The molecule has 0 aliphatic rings. The molecule has 1 radical (unpaired) electrons. The second-order valence-corrected chi connectivity index (χ2v) is 12.9. The highest BCUT2D eigenvalue weighted by molar-refractivity contribution is 5.69. The molecule has 0 aromatic carbocycles. The minimum Gasteiger partial charge on any atom is -0.462 e. The van der Waals surface area contributed by atoms with E-state index < -0.39 is 0 Å². The Balaban J connectivity index is 3.45. The Morgan fingerprint density at radius 1 is 0.463 bits per heavy atom. The fourth-order valence-corrected chi connectivity index (χ4v) is 5.92. The van der Waals surface area contributed by atoms with Gasteiger partial charge >= 0.3 is 5.97 Å². The summed E-state index contributed by atoms with van der Waals surface area (Å²) >= 11 is 0. The fraction of sp³-hybridized carbons (Fsp3) is 0.947. The van der Waals surface area contributed by atoms with Crippen LogP contribution in [0, 0.1) is 0 Å². The Morgan fingerprint density at radius 2 is 0.756 bits per heavy atom. The number of ether oxygens (including phenoxy) is 1. The van der Waals surface area contributed by atoms with Gasteiger partial charge in [-0.25, -0.2) is 0 Å². The fourth-order valence-electron chi connectivity index (χ4n) is 5.92. The van der Waals surface area contributed by atoms with E-state index in [1.54, 1.807) is 0 Å². The Morgan fingerprint density at radius 3 is 1.07 bits per heavy atom. The van der Waals surface area contributed by atoms with E-state index in [0.29, 0.717) is 6.42 Å². The molecule has 0 heterocycles. The first-order chi connectivity index (χ1) is 20.2. The highest BCUT2D eigenvalue weighted by atomic mass is 16.5. The zero-order valence-corrected chi connectivity index (χ0v) is 28.1. The molecule has 1 unspecified atom stereocenters. The van der Waals surface area contributed by atoms with E-state index in [9.17, 15) is 9.59 Å². The molecular formula is C38H73O3. The average molecular weight is 578 g/mol. The summed E-state index contributed by atoms with van der Waals surface area (Å²) in [5.74, 6) is -0.125. The molecular weight excluding hydrogens is 504 g/mol. The standard InChI is InChI=1S/C38H73O3/c1-3-5-7-9-11-13-15-16-17-18-19-20-21-22-24-26-28-30-32-34-38(40)41-37(35-36-39)33-31-29-27-25-23-14-12-10-8-6-4-2/h37H,3-35H2,1-2H3. The smallest absolute Gasteiger partial charge is 0.306 e. The van der Waals surface area contributed by atoms with Gasteiger partial charge in [0, 0.05) is 6.42 Å². The van der Waals surface area contributed by atoms with Crippen LogP contribution in [0.3, 0.4) is 0 Å². The van der Waals surface area contributed by atoms with E-state index >= 15 is 0 Å². The number of carbonyl (C=O) groups is 1. The number of unbranched alkanes of at least 4 members (excludes halogenated alkanes) is 28. The third-order valence-corrected chi connectivity index (χ3v) is 8.72. The Bertz CT molecular complexity index is 518. The van der Waals surface area contributed by atoms with Gasteiger partial charge in [-0.05, 0) is 19.3 Å². The first-order valence-corrected chi connectivity index (χ1v) is 18.8. The molecule has 0 amide bonds. The maximum Gasteiger partial charge on any atom is 0.306 e. The number of hydrogen-bond donors (Lipinski definition) is 0. The molecule has 41 heavy (non-hydrogen) atoms. The second kappa shape index (κ2) is 35.3. The Kier molecular flexibility index (Phi) is 34.6. The zero-order valence-electron chi connectivity index (χ0n) is 28.1. The molecule has 0 spiro atoms. The molecule has 0 aliphatic carbocycles. The van der Waals surface area contributed by atoms with Crippen LogP contribution in [-0.4, -0.2) is 18.4 Å². The largest absolute Gasteiger partial charge is 0.462 e. The van der Waals surface area contributed by atoms with E-state index in [2.05, 4.69) is 13.8 Å². The highest BCUT2D eigenvalue weighted by Gasteiger charge is 2.14. The summed E-state index contributed by atoms with van der Waals surface area (Å²) in [5.41, 5.74) is 0. The topological polar surface area (TPSA) is 43.4 Å². The summed E-state index contributed by atoms with van der Waals surface area (Å²) in [6.45, 7) is 4.55. The molecule has 0 bridgehead atoms. The predicted molar refractivity (Wildman–Crippen MR) is 179 cm³/mol. The predicted octanol–water partition coefficient (Wildman–Crippen LogP) is 12.9. The highest BCUT2D eigenvalue weighted by Crippen LogP contribution is 2.17. The Labute approximate surface area is 258 Å². The van der Waals surface area contributed by atoms with Crippen molar-refractivity contribution in [2.75, 3.05) is 0 Å². The molecule has 0 fully saturated rings. The van der Waals surface area contributed by atoms with Crippen molar-refractivity contribution in [2.24, 2.45) is 0 Å². The molecule has 243 valence electrons. The van der Waals surface area contributed by atoms with Gasteiger partial charge in [0.1, 0.15) is 6.10 Å². The summed E-state index contributed by atoms with van der Waals surface area (Å²) in [5, 5.41) is 0. The zero-order chi connectivity index (χ0) is 29.9. The van der Waals surface area contributed by atoms with Crippen molar-refractivity contribution in [3.63, 3.8) is 0 Å². The first-order valence-electron chi connectivity index (χ1n) is 18.8. The third kappa shape index (κ3) is 33.5. The van der Waals surface area contributed by atoms with E-state index in [1.807, 2.05) is 6.29 Å². The van der Waals surface area contributed by atoms with Crippen molar-refractivity contribution in [1.82, 2.24) is 0 Å². The lowest BCUT2D eigenvalue weighted by Gasteiger charge is -2.15. The molecule has 3 heteroatoms. The van der Waals surface area contributed by atoms with E-state index in [4.69, 9.17) is 4.74 Å². The normalized spacial score (nSPS) is 12.0. The Hall–Kier alpha value is -0.860. The lowest BCUT2D eigenvalue weighted by atomic mass is 10.0. The summed E-state index contributed by atoms with van der Waals surface area (Å²) < 4.78 is 5.62. The van der Waals surface area contributed by atoms with Crippen LogP contribution in [0.2, 0.25) is 0 Å². The molecule has 0 N–H and O–H groups in total. The molecule has 0 aromatic rings. The first kappa shape index (κ1) is 40.1. The van der Waals surface area contributed by atoms with Gasteiger partial charge in [0.25, 0.3) is 0 Å². The van der Waals surface area contributed by atoms with Crippen LogP contribution >= 0.6 is 0 Å². The number of esters is 1. The van der Waals surface area contributed by atoms with Crippen LogP contribution in [0.4, 0.5) is 0 Å². The monoisotopic (exact) mass is 578 g/mol. The van der Waals surface area contributed by atoms with Crippen LogP contribution in [0.15, 0.2) is 0 Å². The molecule has 3 nitrogen and oxygen atoms in total. The molecule has 0 saturated heterocycles. The number of carbonyl (C=O) groups excluding carboxylic acids is 2. The summed E-state index contributed by atoms with van der Waals surface area (Å²) in [6.07, 6.45) is 43.3. The third-order valence-electron chi connectivity index (χ3n) is 8.72. The van der Waals surface area contributed by atoms with E-state index in [-0.39, 0.29) is 18.5 Å². The molecule has 1 atom stereocenters. The van der Waals surface area contributed by atoms with Gasteiger partial charge in [-0.3, -0.25) is 9.59 Å². The SMILES string of the molecule is CCCCCCCCCCCCCCCCCCCCCC(=O)OC(C[C]=O)CCCCCCCCCCCCC. The maximum atomic E-state index is 12.3. The van der Waals surface area contributed by atoms with E-state index in [1.165, 1.54) is 173 Å². The van der Waals surface area contributed by atoms with Crippen LogP contribution < -0.4 is 0 Å². The van der Waals surface area contributed by atoms with Gasteiger partial charge in [-0.15, -0.1) is 0 Å². The van der Waals surface area contributed by atoms with Crippen LogP contribution in [0.5, 0.6) is 0 Å². The van der Waals surface area contributed by atoms with Gasteiger partial charge in [0.2, 0.25) is 6.29 Å². The van der Waals surface area contributed by atoms with Crippen LogP contribution in [-0.2, 0) is 14.3 Å². The van der Waals surface area contributed by atoms with Crippen molar-refractivity contribution in [1.29, 1.82) is 0 Å². The van der Waals surface area contributed by atoms with Crippen molar-refractivity contribution >= 4 is 12.3 Å². The molecule has 0 aromatic heterocycles. The van der Waals surface area contributed by atoms with Crippen molar-refractivity contribution in [3.8, 4) is 0 Å². The number of hydrogen-bond acceptors (Lipinski definition) is 3. The average Bonchev–Trinajstić information content (AvgIpc) is 2.97. The van der Waals surface area contributed by atoms with Gasteiger partial charge < -0.3 is 4.74 Å². The van der Waals surface area contributed by atoms with Gasteiger partial charge in [0.05, 0.1) is 6.42 Å². The summed E-state index contributed by atoms with van der Waals surface area (Å²) in [7, 11) is 0. The maximum absolute atomic E-state index is 12.3. The molecule has 0 saturated carbocycles. The van der Waals surface area contributed by atoms with Crippen molar-refractivity contribution in [3.05, 3.63) is 0 Å². The lowest BCUT2D eigenvalue weighted by molar-refractivity contribution is -0.149. The van der Waals surface area contributed by atoms with Gasteiger partial charge in [0.15, 0.2) is 0 Å². The number of rotatable bonds is 35. The summed E-state index contributed by atoms with van der Waals surface area (Å²) in [6, 6.07) is 0. The molecule has 0 rings (SSSR count). The molecule has 0 aliphatic heterocycles. The minimum absolute atomic E-state index is 0.125. The van der Waals surface area contributed by atoms with Crippen molar-refractivity contribution in [2.45, 2.75) is 232 Å². The second-order valence-electron chi connectivity index (χ2n) is 12.9. The summed E-state index contributed by atoms with van der Waals surface area (Å²) in [4.78, 5) is 23.2. The quantitative estimate of drug-likeness (QED) is 0.0555. The van der Waals surface area contributed by atoms with Crippen molar-refractivity contribution < 1.29 is 14.3 Å².